The molecular weight excluding hydrogens is 250 g/mol. The number of aryl methyl sites for hydroxylation is 2. The quantitative estimate of drug-likeness (QED) is 0.920. The maximum absolute atomic E-state index is 12.7. The van der Waals surface area contributed by atoms with E-state index in [2.05, 4.69) is 36.2 Å². The lowest BCUT2D eigenvalue weighted by Crippen LogP contribution is -2.55. The van der Waals surface area contributed by atoms with Gasteiger partial charge in [-0.1, -0.05) is 0 Å². The molecule has 20 heavy (non-hydrogen) atoms. The summed E-state index contributed by atoms with van der Waals surface area (Å²) in [5, 5.41) is 3.37. The monoisotopic (exact) mass is 275 g/mol. The van der Waals surface area contributed by atoms with Gasteiger partial charge in [0.05, 0.1) is 11.4 Å². The summed E-state index contributed by atoms with van der Waals surface area (Å²) in [6.07, 6.45) is 0. The zero-order valence-corrected chi connectivity index (χ0v) is 13.4. The first-order valence-corrected chi connectivity index (χ1v) is 7.08. The van der Waals surface area contributed by atoms with Crippen molar-refractivity contribution in [3.8, 4) is 0 Å². The van der Waals surface area contributed by atoms with Crippen molar-refractivity contribution in [3.05, 3.63) is 23.3 Å². The van der Waals surface area contributed by atoms with Crippen LogP contribution in [0.2, 0.25) is 0 Å². The number of nitrogens with one attached hydrogen (secondary N) is 1. The number of amides is 1. The average molecular weight is 275 g/mol. The van der Waals surface area contributed by atoms with Crippen molar-refractivity contribution in [2.75, 3.05) is 37.4 Å². The van der Waals surface area contributed by atoms with Gasteiger partial charge in [-0.2, -0.15) is 0 Å². The zero-order chi connectivity index (χ0) is 15.1. The van der Waals surface area contributed by atoms with Crippen molar-refractivity contribution in [1.82, 2.24) is 4.90 Å². The molecule has 0 bridgehead atoms. The normalized spacial score (nSPS) is 17.1. The van der Waals surface area contributed by atoms with Crippen molar-refractivity contribution < 1.29 is 4.79 Å². The van der Waals surface area contributed by atoms with Crippen LogP contribution < -0.4 is 10.2 Å². The van der Waals surface area contributed by atoms with E-state index >= 15 is 0 Å². The molecule has 1 heterocycles. The molecule has 1 amide bonds. The van der Waals surface area contributed by atoms with E-state index in [-0.39, 0.29) is 5.91 Å². The number of fused-ring (bicyclic) bond motifs is 1. The van der Waals surface area contributed by atoms with Crippen LogP contribution in [-0.2, 0) is 4.79 Å². The predicted molar refractivity (Wildman–Crippen MR) is 84.5 cm³/mol. The van der Waals surface area contributed by atoms with E-state index in [4.69, 9.17) is 0 Å². The SMILES string of the molecule is Cc1cc2c(cc1C)N(CCN(C)C)C(=O)C(C)(C)N2. The molecule has 0 radical (unpaired) electrons. The highest BCUT2D eigenvalue weighted by molar-refractivity contribution is 6.07. The first kappa shape index (κ1) is 14.9. The third-order valence-electron chi connectivity index (χ3n) is 3.90. The molecule has 1 aliphatic rings. The molecule has 0 fully saturated rings. The molecule has 1 aromatic carbocycles. The van der Waals surface area contributed by atoms with Crippen LogP contribution in [0.25, 0.3) is 0 Å². The van der Waals surface area contributed by atoms with E-state index in [1.807, 2.05) is 32.8 Å². The maximum Gasteiger partial charge on any atom is 0.252 e. The van der Waals surface area contributed by atoms with Gasteiger partial charge in [0, 0.05) is 13.1 Å². The summed E-state index contributed by atoms with van der Waals surface area (Å²) in [4.78, 5) is 16.7. The fourth-order valence-electron chi connectivity index (χ4n) is 2.48. The number of nitrogens with zero attached hydrogens (tertiary/aromatic N) is 2. The minimum Gasteiger partial charge on any atom is -0.370 e. The van der Waals surface area contributed by atoms with Crippen LogP contribution in [0, 0.1) is 13.8 Å². The highest BCUT2D eigenvalue weighted by Crippen LogP contribution is 2.37. The molecule has 1 aromatic rings. The average Bonchev–Trinajstić information content (AvgIpc) is 2.32. The van der Waals surface area contributed by atoms with Gasteiger partial charge in [0.15, 0.2) is 0 Å². The number of hydrogen-bond donors (Lipinski definition) is 1. The summed E-state index contributed by atoms with van der Waals surface area (Å²) < 4.78 is 0. The smallest absolute Gasteiger partial charge is 0.252 e. The van der Waals surface area contributed by atoms with Crippen LogP contribution in [0.15, 0.2) is 12.1 Å². The number of rotatable bonds is 3. The predicted octanol–water partition coefficient (Wildman–Crippen LogP) is 2.40. The van der Waals surface area contributed by atoms with Gasteiger partial charge in [-0.05, 0) is 65.0 Å². The fourth-order valence-corrected chi connectivity index (χ4v) is 2.48. The zero-order valence-electron chi connectivity index (χ0n) is 13.4. The Balaban J connectivity index is 2.44. The molecule has 2 rings (SSSR count). The van der Waals surface area contributed by atoms with Crippen molar-refractivity contribution >= 4 is 17.3 Å². The van der Waals surface area contributed by atoms with Gasteiger partial charge < -0.3 is 15.1 Å². The second-order valence-electron chi connectivity index (χ2n) is 6.46. The molecule has 1 N–H and O–H groups in total. The third kappa shape index (κ3) is 2.66. The summed E-state index contributed by atoms with van der Waals surface area (Å²) in [6.45, 7) is 9.64. The van der Waals surface area contributed by atoms with E-state index in [0.29, 0.717) is 6.54 Å². The molecule has 1 aliphatic heterocycles. The van der Waals surface area contributed by atoms with Crippen molar-refractivity contribution in [2.45, 2.75) is 33.2 Å². The van der Waals surface area contributed by atoms with Crippen LogP contribution in [0.3, 0.4) is 0 Å². The maximum atomic E-state index is 12.7. The Kier molecular flexibility index (Phi) is 3.78. The van der Waals surface area contributed by atoms with E-state index in [1.54, 1.807) is 0 Å². The second kappa shape index (κ2) is 5.09. The van der Waals surface area contributed by atoms with Gasteiger partial charge >= 0.3 is 0 Å². The number of anilines is 2. The summed E-state index contributed by atoms with van der Waals surface area (Å²) >= 11 is 0. The Morgan fingerprint density at radius 3 is 2.40 bits per heavy atom. The largest absolute Gasteiger partial charge is 0.370 e. The molecule has 0 atom stereocenters. The molecule has 110 valence electrons. The first-order chi connectivity index (χ1) is 9.22. The van der Waals surface area contributed by atoms with Gasteiger partial charge in [-0.3, -0.25) is 4.79 Å². The molecule has 0 spiro atoms. The molecule has 0 aromatic heterocycles. The topological polar surface area (TPSA) is 35.6 Å². The number of carbonyl (C=O) groups is 1. The van der Waals surface area contributed by atoms with Gasteiger partial charge in [-0.25, -0.2) is 0 Å². The standard InChI is InChI=1S/C16H25N3O/c1-11-9-13-14(10-12(11)2)19(8-7-18(5)6)15(20)16(3,4)17-13/h9-10,17H,7-8H2,1-6H3. The van der Waals surface area contributed by atoms with Crippen LogP contribution >= 0.6 is 0 Å². The number of hydrogen-bond acceptors (Lipinski definition) is 3. The molecule has 4 nitrogen and oxygen atoms in total. The minimum absolute atomic E-state index is 0.134. The Morgan fingerprint density at radius 1 is 1.20 bits per heavy atom. The summed E-state index contributed by atoms with van der Waals surface area (Å²) in [5.74, 6) is 0.134. The minimum atomic E-state index is -0.555. The van der Waals surface area contributed by atoms with Crippen LogP contribution in [0.4, 0.5) is 11.4 Å². The van der Waals surface area contributed by atoms with E-state index in [9.17, 15) is 4.79 Å². The van der Waals surface area contributed by atoms with E-state index < -0.39 is 5.54 Å². The van der Waals surface area contributed by atoms with Crippen LogP contribution in [0.1, 0.15) is 25.0 Å². The van der Waals surface area contributed by atoms with Gasteiger partial charge in [0.25, 0.3) is 5.91 Å². The van der Waals surface area contributed by atoms with Crippen molar-refractivity contribution in [3.63, 3.8) is 0 Å². The lowest BCUT2D eigenvalue weighted by molar-refractivity contribution is -0.122. The van der Waals surface area contributed by atoms with Gasteiger partial charge in [-0.15, -0.1) is 0 Å². The molecule has 0 unspecified atom stereocenters. The van der Waals surface area contributed by atoms with E-state index in [1.165, 1.54) is 11.1 Å². The number of carbonyl (C=O) groups excluding carboxylic acids is 1. The van der Waals surface area contributed by atoms with Gasteiger partial charge in [0.1, 0.15) is 5.54 Å². The molecule has 0 saturated carbocycles. The van der Waals surface area contributed by atoms with Crippen LogP contribution in [-0.4, -0.2) is 43.5 Å². The molecule has 0 aliphatic carbocycles. The molecule has 0 saturated heterocycles. The Morgan fingerprint density at radius 2 is 1.80 bits per heavy atom. The number of benzene rings is 1. The summed E-state index contributed by atoms with van der Waals surface area (Å²) in [6, 6.07) is 4.25. The summed E-state index contributed by atoms with van der Waals surface area (Å²) in [5.41, 5.74) is 3.96. The lowest BCUT2D eigenvalue weighted by atomic mass is 9.96. The highest BCUT2D eigenvalue weighted by atomic mass is 16.2. The third-order valence-corrected chi connectivity index (χ3v) is 3.90. The Bertz CT molecular complexity index is 535. The molecular formula is C16H25N3O. The highest BCUT2D eigenvalue weighted by Gasteiger charge is 2.38. The Labute approximate surface area is 121 Å². The first-order valence-electron chi connectivity index (χ1n) is 7.08. The van der Waals surface area contributed by atoms with Crippen molar-refractivity contribution in [1.29, 1.82) is 0 Å². The Hall–Kier alpha value is -1.55. The van der Waals surface area contributed by atoms with E-state index in [0.717, 1.165) is 17.9 Å². The lowest BCUT2D eigenvalue weighted by Gasteiger charge is -2.40. The van der Waals surface area contributed by atoms with Gasteiger partial charge in [0.2, 0.25) is 0 Å². The van der Waals surface area contributed by atoms with Crippen LogP contribution in [0.5, 0.6) is 0 Å². The molecule has 4 heteroatoms. The second-order valence-corrected chi connectivity index (χ2v) is 6.46. The fraction of sp³-hybridized carbons (Fsp3) is 0.562. The number of likely N-dealkylation sites (N-methyl/N-ethyl adjacent to an activating group) is 1. The van der Waals surface area contributed by atoms with Crippen molar-refractivity contribution in [2.24, 2.45) is 0 Å². The summed E-state index contributed by atoms with van der Waals surface area (Å²) in [7, 11) is 4.05.